The van der Waals surface area contributed by atoms with Crippen molar-refractivity contribution in [3.8, 4) is 0 Å². The fourth-order valence-corrected chi connectivity index (χ4v) is 2.96. The number of hydrogen-bond acceptors (Lipinski definition) is 1. The summed E-state index contributed by atoms with van der Waals surface area (Å²) in [6.45, 7) is 0. The fraction of sp³-hybridized carbons (Fsp3) is 0.455. The van der Waals surface area contributed by atoms with E-state index < -0.39 is 10.8 Å². The van der Waals surface area contributed by atoms with Crippen molar-refractivity contribution in [1.29, 1.82) is 0 Å². The third-order valence-electron chi connectivity index (χ3n) is 2.12. The van der Waals surface area contributed by atoms with Crippen LogP contribution < -0.4 is 0 Å². The Bertz CT molecular complexity index is 368. The maximum atomic E-state index is 11.8. The predicted molar refractivity (Wildman–Crippen MR) is 72.3 cm³/mol. The van der Waals surface area contributed by atoms with Crippen LogP contribution >= 0.6 is 34.8 Å². The van der Waals surface area contributed by atoms with E-state index in [2.05, 4.69) is 0 Å². The van der Waals surface area contributed by atoms with Gasteiger partial charge in [-0.2, -0.15) is 0 Å². The third kappa shape index (κ3) is 4.62. The second kappa shape index (κ2) is 7.54. The van der Waals surface area contributed by atoms with Gasteiger partial charge >= 0.3 is 0 Å². The average Bonchev–Trinajstić information content (AvgIpc) is 2.28. The Morgan fingerprint density at radius 1 is 1.06 bits per heavy atom. The van der Waals surface area contributed by atoms with Crippen LogP contribution in [-0.2, 0) is 10.8 Å². The SMILES string of the molecule is O=S(CCCCCCl)c1ccc(Cl)c(Cl)c1. The predicted octanol–water partition coefficient (Wildman–Crippen LogP) is 4.51. The van der Waals surface area contributed by atoms with Crippen LogP contribution in [0.2, 0.25) is 10.0 Å². The lowest BCUT2D eigenvalue weighted by Gasteiger charge is -2.03. The lowest BCUT2D eigenvalue weighted by molar-refractivity contribution is 0.676. The highest BCUT2D eigenvalue weighted by Gasteiger charge is 2.06. The summed E-state index contributed by atoms with van der Waals surface area (Å²) in [6, 6.07) is 5.10. The quantitative estimate of drug-likeness (QED) is 0.558. The molecule has 0 radical (unpaired) electrons. The lowest BCUT2D eigenvalue weighted by Crippen LogP contribution is -1.98. The van der Waals surface area contributed by atoms with E-state index in [1.807, 2.05) is 0 Å². The zero-order valence-electron chi connectivity index (χ0n) is 8.72. The van der Waals surface area contributed by atoms with Crippen molar-refractivity contribution in [3.05, 3.63) is 28.2 Å². The summed E-state index contributed by atoms with van der Waals surface area (Å²) in [5.41, 5.74) is 0. The molecule has 0 N–H and O–H groups in total. The topological polar surface area (TPSA) is 17.1 Å². The molecule has 0 bridgehead atoms. The van der Waals surface area contributed by atoms with Crippen LogP contribution in [0.25, 0.3) is 0 Å². The van der Waals surface area contributed by atoms with E-state index in [-0.39, 0.29) is 0 Å². The maximum Gasteiger partial charge on any atom is 0.0604 e. The molecule has 1 aromatic rings. The van der Waals surface area contributed by atoms with Crippen LogP contribution in [0.15, 0.2) is 23.1 Å². The molecule has 1 atom stereocenters. The minimum atomic E-state index is -0.992. The van der Waals surface area contributed by atoms with Gasteiger partial charge in [0.2, 0.25) is 0 Å². The van der Waals surface area contributed by atoms with Gasteiger partial charge in [-0.25, -0.2) is 0 Å². The maximum absolute atomic E-state index is 11.8. The van der Waals surface area contributed by atoms with Gasteiger partial charge in [0.05, 0.1) is 20.8 Å². The third-order valence-corrected chi connectivity index (χ3v) is 4.56. The van der Waals surface area contributed by atoms with Gasteiger partial charge in [-0.3, -0.25) is 4.21 Å². The number of unbranched alkanes of at least 4 members (excludes halogenated alkanes) is 2. The highest BCUT2D eigenvalue weighted by atomic mass is 35.5. The zero-order chi connectivity index (χ0) is 12.0. The minimum absolute atomic E-state index is 0.452. The molecule has 0 saturated heterocycles. The first kappa shape index (κ1) is 14.3. The Morgan fingerprint density at radius 2 is 1.81 bits per heavy atom. The summed E-state index contributed by atoms with van der Waals surface area (Å²) in [5.74, 6) is 1.31. The van der Waals surface area contributed by atoms with E-state index >= 15 is 0 Å². The molecule has 0 aliphatic rings. The van der Waals surface area contributed by atoms with E-state index in [1.165, 1.54) is 0 Å². The summed E-state index contributed by atoms with van der Waals surface area (Å²) in [7, 11) is -0.992. The molecular weight excluding hydrogens is 287 g/mol. The van der Waals surface area contributed by atoms with Gasteiger partial charge in [0.25, 0.3) is 0 Å². The largest absolute Gasteiger partial charge is 0.254 e. The smallest absolute Gasteiger partial charge is 0.0604 e. The van der Waals surface area contributed by atoms with Gasteiger partial charge in [-0.1, -0.05) is 29.6 Å². The van der Waals surface area contributed by atoms with Crippen molar-refractivity contribution in [2.24, 2.45) is 0 Å². The molecule has 0 spiro atoms. The Balaban J connectivity index is 2.50. The fourth-order valence-electron chi connectivity index (χ4n) is 1.24. The Hall–Kier alpha value is 0.240. The number of halogens is 3. The average molecular weight is 300 g/mol. The summed E-state index contributed by atoms with van der Waals surface area (Å²) in [4.78, 5) is 0.736. The van der Waals surface area contributed by atoms with Crippen LogP contribution in [0.1, 0.15) is 19.3 Å². The second-order valence-corrected chi connectivity index (χ2v) is 6.14. The molecule has 90 valence electrons. The normalized spacial score (nSPS) is 12.7. The molecule has 1 aromatic carbocycles. The van der Waals surface area contributed by atoms with Crippen molar-refractivity contribution in [1.82, 2.24) is 0 Å². The van der Waals surface area contributed by atoms with Crippen LogP contribution in [-0.4, -0.2) is 15.8 Å². The number of benzene rings is 1. The van der Waals surface area contributed by atoms with Gasteiger partial charge in [-0.05, 0) is 31.0 Å². The van der Waals surface area contributed by atoms with Crippen LogP contribution in [0, 0.1) is 0 Å². The van der Waals surface area contributed by atoms with Crippen molar-refractivity contribution in [2.75, 3.05) is 11.6 Å². The van der Waals surface area contributed by atoms with E-state index in [9.17, 15) is 4.21 Å². The minimum Gasteiger partial charge on any atom is -0.254 e. The van der Waals surface area contributed by atoms with Gasteiger partial charge in [0.1, 0.15) is 0 Å². The van der Waals surface area contributed by atoms with E-state index in [4.69, 9.17) is 34.8 Å². The monoisotopic (exact) mass is 298 g/mol. The molecule has 0 aromatic heterocycles. The number of alkyl halides is 1. The first-order valence-electron chi connectivity index (χ1n) is 5.04. The van der Waals surface area contributed by atoms with Crippen LogP contribution in [0.4, 0.5) is 0 Å². The van der Waals surface area contributed by atoms with Gasteiger partial charge in [0, 0.05) is 16.5 Å². The van der Waals surface area contributed by atoms with Gasteiger partial charge in [-0.15, -0.1) is 11.6 Å². The van der Waals surface area contributed by atoms with Crippen molar-refractivity contribution >= 4 is 45.6 Å². The lowest BCUT2D eigenvalue weighted by atomic mass is 10.3. The highest BCUT2D eigenvalue weighted by Crippen LogP contribution is 2.24. The highest BCUT2D eigenvalue weighted by molar-refractivity contribution is 7.85. The number of rotatable bonds is 6. The molecule has 5 heteroatoms. The van der Waals surface area contributed by atoms with E-state index in [1.54, 1.807) is 18.2 Å². The van der Waals surface area contributed by atoms with Crippen LogP contribution in [0.5, 0.6) is 0 Å². The Labute approximate surface area is 114 Å². The molecular formula is C11H13Cl3OS. The molecule has 0 saturated carbocycles. The summed E-state index contributed by atoms with van der Waals surface area (Å²) in [5, 5.41) is 0.942. The van der Waals surface area contributed by atoms with Crippen molar-refractivity contribution in [3.63, 3.8) is 0 Å². The second-order valence-electron chi connectivity index (χ2n) is 3.38. The molecule has 1 nitrogen and oxygen atoms in total. The molecule has 16 heavy (non-hydrogen) atoms. The van der Waals surface area contributed by atoms with E-state index in [0.29, 0.717) is 21.7 Å². The molecule has 0 heterocycles. The molecule has 1 rings (SSSR count). The molecule has 0 aliphatic heterocycles. The van der Waals surface area contributed by atoms with Gasteiger partial charge in [0.15, 0.2) is 0 Å². The Morgan fingerprint density at radius 3 is 2.44 bits per heavy atom. The molecule has 0 fully saturated rings. The van der Waals surface area contributed by atoms with E-state index in [0.717, 1.165) is 24.2 Å². The molecule has 0 aliphatic carbocycles. The zero-order valence-corrected chi connectivity index (χ0v) is 11.8. The first-order chi connectivity index (χ1) is 7.65. The molecule has 0 amide bonds. The van der Waals surface area contributed by atoms with Crippen LogP contribution in [0.3, 0.4) is 0 Å². The Kier molecular flexibility index (Phi) is 6.74. The summed E-state index contributed by atoms with van der Waals surface area (Å²) >= 11 is 17.2. The van der Waals surface area contributed by atoms with Gasteiger partial charge < -0.3 is 0 Å². The molecule has 1 unspecified atom stereocenters. The first-order valence-corrected chi connectivity index (χ1v) is 7.65. The van der Waals surface area contributed by atoms with Crippen molar-refractivity contribution < 1.29 is 4.21 Å². The summed E-state index contributed by atoms with van der Waals surface area (Å²) in [6.07, 6.45) is 2.90. The number of hydrogen-bond donors (Lipinski definition) is 0. The standard InChI is InChI=1S/C11H13Cl3OS/c12-6-2-1-3-7-16(15)9-4-5-10(13)11(14)8-9/h4-5,8H,1-3,6-7H2. The van der Waals surface area contributed by atoms with Crippen molar-refractivity contribution in [2.45, 2.75) is 24.2 Å². The summed E-state index contributed by atoms with van der Waals surface area (Å²) < 4.78 is 11.8.